The lowest BCUT2D eigenvalue weighted by Gasteiger charge is -2.36. The molecule has 0 spiro atoms. The number of carbonyl (C=O) groups excluding carboxylic acids is 3. The Morgan fingerprint density at radius 2 is 1.19 bits per heavy atom. The lowest BCUT2D eigenvalue weighted by Crippen LogP contribution is -2.53. The van der Waals surface area contributed by atoms with Crippen LogP contribution in [0.1, 0.15) is 40.0 Å². The molecule has 120 valence electrons. The molecule has 1 rings (SSSR count). The van der Waals surface area contributed by atoms with Gasteiger partial charge in [-0.05, 0) is 0 Å². The minimum Gasteiger partial charge on any atom is -0.456 e. The first-order valence-electron chi connectivity index (χ1n) is 7.17. The summed E-state index contributed by atoms with van der Waals surface area (Å²) in [5, 5.41) is 0. The summed E-state index contributed by atoms with van der Waals surface area (Å²) in [6.07, 6.45) is -1.79. The van der Waals surface area contributed by atoms with E-state index in [9.17, 15) is 14.4 Å². The van der Waals surface area contributed by atoms with Gasteiger partial charge in [-0.25, -0.2) is 0 Å². The molecule has 1 fully saturated rings. The molecule has 0 saturated carbocycles. The van der Waals surface area contributed by atoms with E-state index < -0.39 is 36.2 Å². The summed E-state index contributed by atoms with van der Waals surface area (Å²) < 4.78 is 21.0. The first-order chi connectivity index (χ1) is 10.0. The van der Waals surface area contributed by atoms with Crippen LogP contribution in [-0.2, 0) is 33.3 Å². The molecule has 21 heavy (non-hydrogen) atoms. The molecule has 7 nitrogen and oxygen atoms in total. The van der Waals surface area contributed by atoms with Crippen molar-refractivity contribution >= 4 is 17.9 Å². The highest BCUT2D eigenvalue weighted by molar-refractivity contribution is 5.71. The zero-order valence-corrected chi connectivity index (χ0v) is 12.6. The van der Waals surface area contributed by atoms with E-state index in [1.165, 1.54) is 0 Å². The summed E-state index contributed by atoms with van der Waals surface area (Å²) in [5.41, 5.74) is 0. The van der Waals surface area contributed by atoms with Gasteiger partial charge in [0.2, 0.25) is 0 Å². The second-order valence-corrected chi connectivity index (χ2v) is 4.61. The van der Waals surface area contributed by atoms with Crippen molar-refractivity contribution < 1.29 is 33.3 Å². The quantitative estimate of drug-likeness (QED) is 0.534. The van der Waals surface area contributed by atoms with Crippen LogP contribution in [0.15, 0.2) is 0 Å². The fraction of sp³-hybridized carbons (Fsp3) is 0.786. The van der Waals surface area contributed by atoms with E-state index in [0.29, 0.717) is 0 Å². The molecule has 0 aromatic carbocycles. The van der Waals surface area contributed by atoms with Gasteiger partial charge in [0.15, 0.2) is 18.3 Å². The van der Waals surface area contributed by atoms with E-state index in [1.54, 1.807) is 20.8 Å². The molecule has 0 aromatic rings. The van der Waals surface area contributed by atoms with E-state index in [-0.39, 0.29) is 32.5 Å². The topological polar surface area (TPSA) is 88.1 Å². The van der Waals surface area contributed by atoms with E-state index in [1.807, 2.05) is 0 Å². The Balaban J connectivity index is 2.81. The molecule has 0 bridgehead atoms. The van der Waals surface area contributed by atoms with Gasteiger partial charge in [0.25, 0.3) is 0 Å². The first-order valence-corrected chi connectivity index (χ1v) is 7.17. The van der Waals surface area contributed by atoms with Crippen LogP contribution in [0.5, 0.6) is 0 Å². The molecule has 0 aromatic heterocycles. The zero-order chi connectivity index (χ0) is 15.8. The Kier molecular flexibility index (Phi) is 7.14. The third-order valence-corrected chi connectivity index (χ3v) is 3.00. The minimum atomic E-state index is -0.836. The van der Waals surface area contributed by atoms with Crippen molar-refractivity contribution in [1.82, 2.24) is 0 Å². The maximum atomic E-state index is 11.5. The van der Waals surface area contributed by atoms with E-state index in [0.717, 1.165) is 0 Å². The molecule has 0 amide bonds. The number of carbonyl (C=O) groups is 3. The van der Waals surface area contributed by atoms with Crippen LogP contribution in [0.2, 0.25) is 0 Å². The van der Waals surface area contributed by atoms with Gasteiger partial charge in [0.1, 0.15) is 0 Å². The third kappa shape index (κ3) is 5.34. The monoisotopic (exact) mass is 302 g/mol. The van der Waals surface area contributed by atoms with Gasteiger partial charge in [-0.1, -0.05) is 20.8 Å². The van der Waals surface area contributed by atoms with E-state index in [2.05, 4.69) is 0 Å². The largest absolute Gasteiger partial charge is 0.456 e. The highest BCUT2D eigenvalue weighted by Crippen LogP contribution is 2.20. The molecular formula is C14H22O7. The summed E-state index contributed by atoms with van der Waals surface area (Å²) in [5.74, 6) is -1.30. The number of ether oxygens (including phenoxy) is 4. The summed E-state index contributed by atoms with van der Waals surface area (Å²) in [6.45, 7) is 5.18. The van der Waals surface area contributed by atoms with Crippen LogP contribution in [0.3, 0.4) is 0 Å². The maximum absolute atomic E-state index is 11.5. The lowest BCUT2D eigenvalue weighted by atomic mass is 10.1. The number of rotatable bonds is 6. The van der Waals surface area contributed by atoms with Crippen molar-refractivity contribution in [1.29, 1.82) is 0 Å². The predicted octanol–water partition coefficient (Wildman–Crippen LogP) is 0.982. The number of hydrogen-bond donors (Lipinski definition) is 0. The molecule has 0 N–H and O–H groups in total. The first kappa shape index (κ1) is 17.4. The SMILES string of the molecule is CCC(=O)OC1[C@@H](OC(=O)CC)COC[C@@H]1OC(=O)CC. The second kappa shape index (κ2) is 8.61. The maximum Gasteiger partial charge on any atom is 0.306 e. The van der Waals surface area contributed by atoms with Crippen molar-refractivity contribution in [3.05, 3.63) is 0 Å². The van der Waals surface area contributed by atoms with Gasteiger partial charge in [0.05, 0.1) is 13.2 Å². The van der Waals surface area contributed by atoms with E-state index >= 15 is 0 Å². The normalized spacial score (nSPS) is 22.4. The molecule has 0 radical (unpaired) electrons. The summed E-state index contributed by atoms with van der Waals surface area (Å²) in [6, 6.07) is 0. The molecule has 1 aliphatic heterocycles. The smallest absolute Gasteiger partial charge is 0.306 e. The summed E-state index contributed by atoms with van der Waals surface area (Å²) >= 11 is 0. The van der Waals surface area contributed by atoms with Crippen molar-refractivity contribution in [2.45, 2.75) is 58.3 Å². The molecule has 0 aliphatic carbocycles. The standard InChI is InChI=1S/C14H22O7/c1-4-11(15)19-9-7-18-8-10(20-12(16)5-2)14(9)21-13(17)6-3/h9-10,14H,4-8H2,1-3H3/t9-,10-/m0/s1. The fourth-order valence-corrected chi connectivity index (χ4v) is 1.82. The van der Waals surface area contributed by atoms with Crippen LogP contribution < -0.4 is 0 Å². The molecule has 1 saturated heterocycles. The van der Waals surface area contributed by atoms with Crippen molar-refractivity contribution in [3.8, 4) is 0 Å². The average Bonchev–Trinajstić information content (AvgIpc) is 2.49. The van der Waals surface area contributed by atoms with Gasteiger partial charge in [-0.2, -0.15) is 0 Å². The average molecular weight is 302 g/mol. The van der Waals surface area contributed by atoms with Crippen LogP contribution in [0.4, 0.5) is 0 Å². The van der Waals surface area contributed by atoms with Gasteiger partial charge < -0.3 is 18.9 Å². The van der Waals surface area contributed by atoms with Crippen LogP contribution in [0.25, 0.3) is 0 Å². The van der Waals surface area contributed by atoms with Gasteiger partial charge >= 0.3 is 17.9 Å². The molecule has 7 heteroatoms. The summed E-state index contributed by atoms with van der Waals surface area (Å²) in [4.78, 5) is 34.4. The Morgan fingerprint density at radius 3 is 1.57 bits per heavy atom. The van der Waals surface area contributed by atoms with Crippen LogP contribution in [0, 0.1) is 0 Å². The Morgan fingerprint density at radius 1 is 0.810 bits per heavy atom. The Bertz CT molecular complexity index is 354. The molecule has 1 aliphatic rings. The molecule has 0 unspecified atom stereocenters. The highest BCUT2D eigenvalue weighted by Gasteiger charge is 2.41. The lowest BCUT2D eigenvalue weighted by molar-refractivity contribution is -0.210. The third-order valence-electron chi connectivity index (χ3n) is 3.00. The van der Waals surface area contributed by atoms with Gasteiger partial charge in [-0.3, -0.25) is 14.4 Å². The van der Waals surface area contributed by atoms with Crippen LogP contribution >= 0.6 is 0 Å². The Hall–Kier alpha value is -1.63. The van der Waals surface area contributed by atoms with Crippen molar-refractivity contribution in [3.63, 3.8) is 0 Å². The van der Waals surface area contributed by atoms with Crippen molar-refractivity contribution in [2.24, 2.45) is 0 Å². The van der Waals surface area contributed by atoms with Gasteiger partial charge in [-0.15, -0.1) is 0 Å². The predicted molar refractivity (Wildman–Crippen MR) is 71.3 cm³/mol. The number of esters is 3. The number of hydrogen-bond acceptors (Lipinski definition) is 7. The van der Waals surface area contributed by atoms with Crippen molar-refractivity contribution in [2.75, 3.05) is 13.2 Å². The van der Waals surface area contributed by atoms with E-state index in [4.69, 9.17) is 18.9 Å². The molecule has 2 atom stereocenters. The molecule has 1 heterocycles. The minimum absolute atomic E-state index is 0.105. The van der Waals surface area contributed by atoms with Crippen LogP contribution in [-0.4, -0.2) is 49.4 Å². The fourth-order valence-electron chi connectivity index (χ4n) is 1.82. The molecular weight excluding hydrogens is 280 g/mol. The highest BCUT2D eigenvalue weighted by atomic mass is 16.6. The second-order valence-electron chi connectivity index (χ2n) is 4.61. The zero-order valence-electron chi connectivity index (χ0n) is 12.6. The Labute approximate surface area is 123 Å². The summed E-state index contributed by atoms with van der Waals surface area (Å²) in [7, 11) is 0. The van der Waals surface area contributed by atoms with Gasteiger partial charge in [0, 0.05) is 19.3 Å².